The second-order valence-corrected chi connectivity index (χ2v) is 5.11. The molecule has 0 saturated carbocycles. The molecule has 0 bridgehead atoms. The van der Waals surface area contributed by atoms with Gasteiger partial charge < -0.3 is 9.30 Å². The van der Waals surface area contributed by atoms with Gasteiger partial charge in [0.1, 0.15) is 6.23 Å². The van der Waals surface area contributed by atoms with Crippen LogP contribution in [0.2, 0.25) is 5.02 Å². The molecule has 124 valence electrons. The fourth-order valence-corrected chi connectivity index (χ4v) is 2.16. The maximum atomic E-state index is 12.9. The van der Waals surface area contributed by atoms with E-state index in [2.05, 4.69) is 9.98 Å². The van der Waals surface area contributed by atoms with Crippen LogP contribution >= 0.6 is 11.6 Å². The number of imidazole rings is 1. The van der Waals surface area contributed by atoms with E-state index in [1.54, 1.807) is 23.3 Å². The molecule has 0 saturated heterocycles. The summed E-state index contributed by atoms with van der Waals surface area (Å²) in [5, 5.41) is 0.0127. The summed E-state index contributed by atoms with van der Waals surface area (Å²) in [5.41, 5.74) is -1.07. The van der Waals surface area contributed by atoms with E-state index < -0.39 is 11.7 Å². The number of nitrogens with zero attached hydrogens (tertiary/aromatic N) is 3. The third kappa shape index (κ3) is 4.80. The predicted molar refractivity (Wildman–Crippen MR) is 82.1 cm³/mol. The smallest absolute Gasteiger partial charge is 0.352 e. The first-order chi connectivity index (χ1) is 10.9. The van der Waals surface area contributed by atoms with Crippen LogP contribution in [-0.4, -0.2) is 22.4 Å². The molecule has 2 rings (SSSR count). The molecule has 1 aromatic carbocycles. The number of aromatic nitrogens is 2. The van der Waals surface area contributed by atoms with Crippen molar-refractivity contribution in [3.63, 3.8) is 0 Å². The SMILES string of the molecule is CCC(OC/C=N/c1ccc(Cl)cc1C(F)(F)F)n1ccnc1. The lowest BCUT2D eigenvalue weighted by molar-refractivity contribution is -0.137. The lowest BCUT2D eigenvalue weighted by Crippen LogP contribution is -2.11. The Labute approximate surface area is 136 Å². The van der Waals surface area contributed by atoms with Gasteiger partial charge in [-0.2, -0.15) is 13.2 Å². The first-order valence-corrected chi connectivity index (χ1v) is 7.28. The van der Waals surface area contributed by atoms with Gasteiger partial charge in [-0.1, -0.05) is 18.5 Å². The van der Waals surface area contributed by atoms with E-state index in [1.807, 2.05) is 6.92 Å². The minimum absolute atomic E-state index is 0.0127. The van der Waals surface area contributed by atoms with Crippen LogP contribution in [0.3, 0.4) is 0 Å². The summed E-state index contributed by atoms with van der Waals surface area (Å²) in [6.45, 7) is 2.01. The fraction of sp³-hybridized carbons (Fsp3) is 0.333. The summed E-state index contributed by atoms with van der Waals surface area (Å²) in [4.78, 5) is 7.77. The lowest BCUT2D eigenvalue weighted by Gasteiger charge is -2.16. The van der Waals surface area contributed by atoms with Gasteiger partial charge in [0.05, 0.1) is 24.2 Å². The van der Waals surface area contributed by atoms with Crippen LogP contribution in [0, 0.1) is 0 Å². The van der Waals surface area contributed by atoms with Gasteiger partial charge in [0.25, 0.3) is 0 Å². The fourth-order valence-electron chi connectivity index (χ4n) is 1.99. The molecule has 0 radical (unpaired) electrons. The normalized spacial score (nSPS) is 13.6. The van der Waals surface area contributed by atoms with Crippen LogP contribution < -0.4 is 0 Å². The molecule has 0 fully saturated rings. The van der Waals surface area contributed by atoms with E-state index in [1.165, 1.54) is 18.3 Å². The Morgan fingerprint density at radius 1 is 1.43 bits per heavy atom. The molecule has 0 aliphatic carbocycles. The van der Waals surface area contributed by atoms with E-state index >= 15 is 0 Å². The van der Waals surface area contributed by atoms with Gasteiger partial charge in [0.2, 0.25) is 0 Å². The first-order valence-electron chi connectivity index (χ1n) is 6.90. The molecule has 0 N–H and O–H groups in total. The molecule has 2 aromatic rings. The summed E-state index contributed by atoms with van der Waals surface area (Å²) >= 11 is 5.62. The topological polar surface area (TPSA) is 39.4 Å². The third-order valence-corrected chi connectivity index (χ3v) is 3.30. The number of ether oxygens (including phenoxy) is 1. The highest BCUT2D eigenvalue weighted by Gasteiger charge is 2.33. The van der Waals surface area contributed by atoms with Crippen molar-refractivity contribution in [1.29, 1.82) is 0 Å². The van der Waals surface area contributed by atoms with Gasteiger partial charge in [0, 0.05) is 23.6 Å². The van der Waals surface area contributed by atoms with Crippen LogP contribution in [-0.2, 0) is 10.9 Å². The molecule has 23 heavy (non-hydrogen) atoms. The number of benzene rings is 1. The standard InChI is InChI=1S/C15H15ClF3N3O/c1-2-14(22-7-5-20-10-22)23-8-6-21-13-4-3-11(16)9-12(13)15(17,18)19/h3-7,9-10,14H,2,8H2,1H3/b21-6+. The van der Waals surface area contributed by atoms with Gasteiger partial charge in [-0.3, -0.25) is 4.99 Å². The third-order valence-electron chi connectivity index (χ3n) is 3.06. The number of alkyl halides is 3. The zero-order valence-electron chi connectivity index (χ0n) is 12.3. The Morgan fingerprint density at radius 3 is 2.83 bits per heavy atom. The van der Waals surface area contributed by atoms with Crippen LogP contribution in [0.4, 0.5) is 18.9 Å². The van der Waals surface area contributed by atoms with Crippen LogP contribution in [0.25, 0.3) is 0 Å². The maximum Gasteiger partial charge on any atom is 0.418 e. The average Bonchev–Trinajstić information content (AvgIpc) is 3.01. The van der Waals surface area contributed by atoms with Gasteiger partial charge in [-0.25, -0.2) is 4.98 Å². The highest BCUT2D eigenvalue weighted by atomic mass is 35.5. The summed E-state index contributed by atoms with van der Waals surface area (Å²) < 4.78 is 46.1. The van der Waals surface area contributed by atoms with Crippen LogP contribution in [0.5, 0.6) is 0 Å². The summed E-state index contributed by atoms with van der Waals surface area (Å²) in [6.07, 6.45) is 2.25. The maximum absolute atomic E-state index is 12.9. The largest absolute Gasteiger partial charge is 0.418 e. The van der Waals surface area contributed by atoms with E-state index in [0.29, 0.717) is 6.42 Å². The van der Waals surface area contributed by atoms with Crippen molar-refractivity contribution in [2.45, 2.75) is 25.7 Å². The van der Waals surface area contributed by atoms with Gasteiger partial charge >= 0.3 is 6.18 Å². The van der Waals surface area contributed by atoms with Gasteiger partial charge in [-0.05, 0) is 24.6 Å². The van der Waals surface area contributed by atoms with E-state index in [4.69, 9.17) is 16.3 Å². The van der Waals surface area contributed by atoms with Crippen LogP contribution in [0.1, 0.15) is 25.1 Å². The van der Waals surface area contributed by atoms with Gasteiger partial charge in [-0.15, -0.1) is 0 Å². The minimum atomic E-state index is -4.51. The average molecular weight is 346 g/mol. The Balaban J connectivity index is 2.03. The number of aliphatic imine (C=N–C) groups is 1. The van der Waals surface area contributed by atoms with Crippen molar-refractivity contribution in [3.8, 4) is 0 Å². The van der Waals surface area contributed by atoms with Crippen molar-refractivity contribution >= 4 is 23.5 Å². The van der Waals surface area contributed by atoms with E-state index in [9.17, 15) is 13.2 Å². The van der Waals surface area contributed by atoms with Gasteiger partial charge in [0.15, 0.2) is 0 Å². The summed E-state index contributed by atoms with van der Waals surface area (Å²) in [6, 6.07) is 3.45. The molecular formula is C15H15ClF3N3O. The lowest BCUT2D eigenvalue weighted by atomic mass is 10.2. The Kier molecular flexibility index (Phi) is 5.79. The Morgan fingerprint density at radius 2 is 2.22 bits per heavy atom. The molecule has 0 spiro atoms. The van der Waals surface area contributed by atoms with Crippen LogP contribution in [0.15, 0.2) is 41.9 Å². The molecule has 0 amide bonds. The Bertz CT molecular complexity index is 656. The van der Waals surface area contributed by atoms with Crippen molar-refractivity contribution < 1.29 is 17.9 Å². The monoisotopic (exact) mass is 345 g/mol. The molecule has 1 heterocycles. The minimum Gasteiger partial charge on any atom is -0.352 e. The number of halogens is 4. The van der Waals surface area contributed by atoms with E-state index in [-0.39, 0.29) is 23.5 Å². The number of hydrogen-bond acceptors (Lipinski definition) is 3. The number of hydrogen-bond donors (Lipinski definition) is 0. The second-order valence-electron chi connectivity index (χ2n) is 4.68. The second kappa shape index (κ2) is 7.61. The zero-order chi connectivity index (χ0) is 16.9. The summed E-state index contributed by atoms with van der Waals surface area (Å²) in [5.74, 6) is 0. The molecule has 1 aromatic heterocycles. The molecule has 1 atom stereocenters. The quantitative estimate of drug-likeness (QED) is 0.700. The molecular weight excluding hydrogens is 331 g/mol. The van der Waals surface area contributed by atoms with Crippen molar-refractivity contribution in [1.82, 2.24) is 9.55 Å². The highest BCUT2D eigenvalue weighted by molar-refractivity contribution is 6.30. The molecule has 0 aliphatic rings. The molecule has 0 aliphatic heterocycles. The van der Waals surface area contributed by atoms with Crippen molar-refractivity contribution in [3.05, 3.63) is 47.5 Å². The molecule has 4 nitrogen and oxygen atoms in total. The van der Waals surface area contributed by atoms with Crippen molar-refractivity contribution in [2.75, 3.05) is 6.61 Å². The first kappa shape index (κ1) is 17.5. The zero-order valence-corrected chi connectivity index (χ0v) is 13.1. The number of rotatable bonds is 6. The van der Waals surface area contributed by atoms with E-state index in [0.717, 1.165) is 6.07 Å². The summed E-state index contributed by atoms with van der Waals surface area (Å²) in [7, 11) is 0. The molecule has 1 unspecified atom stereocenters. The highest BCUT2D eigenvalue weighted by Crippen LogP contribution is 2.37. The van der Waals surface area contributed by atoms with Crippen molar-refractivity contribution in [2.24, 2.45) is 4.99 Å². The molecule has 8 heteroatoms. The predicted octanol–water partition coefficient (Wildman–Crippen LogP) is 4.88. The Hall–Kier alpha value is -1.86.